The summed E-state index contributed by atoms with van der Waals surface area (Å²) in [4.78, 5) is 43.4. The number of carboxylic acids is 4. The molecule has 0 saturated carbocycles. The van der Waals surface area contributed by atoms with E-state index in [0.717, 1.165) is 9.80 Å². The molecule has 0 amide bonds. The first-order valence-corrected chi connectivity index (χ1v) is 5.44. The number of hydrogen-bond donors (Lipinski definition) is 0. The smallest absolute Gasteiger partial charge is 0.549 e. The van der Waals surface area contributed by atoms with E-state index in [9.17, 15) is 39.6 Å². The van der Waals surface area contributed by atoms with Crippen molar-refractivity contribution in [2.45, 2.75) is 0 Å². The first kappa shape index (κ1) is 27.2. The Kier molecular flexibility index (Phi) is 18.4. The number of hydrogen-bond acceptors (Lipinski definition) is 10. The molecule has 0 unspecified atom stereocenters. The molecule has 12 heteroatoms. The Balaban J connectivity index is -0.00000180. The third kappa shape index (κ3) is 16.7. The summed E-state index contributed by atoms with van der Waals surface area (Å²) in [6.45, 7) is -3.25. The molecule has 0 aliphatic heterocycles. The van der Waals surface area contributed by atoms with Gasteiger partial charge in [-0.25, -0.2) is 0 Å². The van der Waals surface area contributed by atoms with Gasteiger partial charge in [0, 0.05) is 39.3 Å². The van der Waals surface area contributed by atoms with Crippen LogP contribution in [0, 0.1) is 0 Å². The van der Waals surface area contributed by atoms with Crippen LogP contribution in [-0.2, 0) is 19.2 Å². The Bertz CT molecular complexity index is 327. The van der Waals surface area contributed by atoms with E-state index in [4.69, 9.17) is 0 Å². The molecule has 0 radical (unpaired) electrons. The molecule has 0 aromatic carbocycles. The van der Waals surface area contributed by atoms with Crippen molar-refractivity contribution < 1.29 is 91.0 Å². The minimum absolute atomic E-state index is 0. The zero-order valence-electron chi connectivity index (χ0n) is 12.0. The Hall–Kier alpha value is 0.306. The standard InChI is InChI=1S/C10H16N2O8.In.K/c13-7(14)3-11(4-8(15)16)1-2-12(5-9(17)18)6-10(19)20;;/h1-6H2,(H,13,14)(H,15,16)(H,17,18)(H,19,20);;/q;+3;+1/p-4. The molecule has 0 bridgehead atoms. The van der Waals surface area contributed by atoms with E-state index in [1.165, 1.54) is 0 Å². The monoisotopic (exact) mass is 442 g/mol. The summed E-state index contributed by atoms with van der Waals surface area (Å²) in [6, 6.07) is 0. The number of rotatable bonds is 11. The molecule has 22 heavy (non-hydrogen) atoms. The van der Waals surface area contributed by atoms with Gasteiger partial charge < -0.3 is 39.6 Å². The van der Waals surface area contributed by atoms with Gasteiger partial charge in [0.1, 0.15) is 0 Å². The minimum atomic E-state index is -1.53. The summed E-state index contributed by atoms with van der Waals surface area (Å²) in [5.41, 5.74) is 0. The second-order valence-electron chi connectivity index (χ2n) is 3.91. The average molecular weight is 442 g/mol. The van der Waals surface area contributed by atoms with Crippen molar-refractivity contribution in [3.05, 3.63) is 0 Å². The van der Waals surface area contributed by atoms with Crippen LogP contribution in [0.15, 0.2) is 0 Å². The fourth-order valence-corrected chi connectivity index (χ4v) is 1.44. The van der Waals surface area contributed by atoms with Gasteiger partial charge in [0.2, 0.25) is 0 Å². The van der Waals surface area contributed by atoms with Crippen LogP contribution in [0.4, 0.5) is 0 Å². The topological polar surface area (TPSA) is 167 Å². The van der Waals surface area contributed by atoms with Gasteiger partial charge in [0.25, 0.3) is 0 Å². The fraction of sp³-hybridized carbons (Fsp3) is 0.600. The van der Waals surface area contributed by atoms with Crippen molar-refractivity contribution in [3.63, 3.8) is 0 Å². The Morgan fingerprint density at radius 2 is 0.773 bits per heavy atom. The first-order chi connectivity index (χ1) is 9.20. The van der Waals surface area contributed by atoms with Crippen LogP contribution in [0.1, 0.15) is 0 Å². The number of nitrogens with zero attached hydrogens (tertiary/aromatic N) is 2. The van der Waals surface area contributed by atoms with E-state index in [1.807, 2.05) is 0 Å². The molecule has 0 fully saturated rings. The zero-order chi connectivity index (χ0) is 15.7. The fourth-order valence-electron chi connectivity index (χ4n) is 1.44. The molecule has 0 atom stereocenters. The number of aliphatic carboxylic acids is 4. The number of carboxylic acid groups (broad SMARTS) is 4. The average Bonchev–Trinajstić information content (AvgIpc) is 2.22. The van der Waals surface area contributed by atoms with Gasteiger partial charge >= 0.3 is 77.2 Å². The molecule has 0 aromatic heterocycles. The number of carbonyl (C=O) groups excluding carboxylic acids is 4. The summed E-state index contributed by atoms with van der Waals surface area (Å²) in [5, 5.41) is 41.6. The van der Waals surface area contributed by atoms with E-state index in [0.29, 0.717) is 0 Å². The summed E-state index contributed by atoms with van der Waals surface area (Å²) in [6.07, 6.45) is 0. The van der Waals surface area contributed by atoms with Crippen molar-refractivity contribution in [3.8, 4) is 0 Å². The Morgan fingerprint density at radius 3 is 0.909 bits per heavy atom. The van der Waals surface area contributed by atoms with Crippen LogP contribution >= 0.6 is 0 Å². The van der Waals surface area contributed by atoms with Crippen LogP contribution in [0.5, 0.6) is 0 Å². The van der Waals surface area contributed by atoms with Gasteiger partial charge in [-0.15, -0.1) is 0 Å². The maximum Gasteiger partial charge on any atom is 3.00 e. The minimum Gasteiger partial charge on any atom is -0.549 e. The van der Waals surface area contributed by atoms with Crippen molar-refractivity contribution in [2.24, 2.45) is 0 Å². The predicted molar refractivity (Wildman–Crippen MR) is 58.7 cm³/mol. The van der Waals surface area contributed by atoms with Crippen molar-refractivity contribution in [1.82, 2.24) is 9.80 Å². The van der Waals surface area contributed by atoms with Crippen molar-refractivity contribution in [2.75, 3.05) is 39.3 Å². The summed E-state index contributed by atoms with van der Waals surface area (Å²) in [7, 11) is 0. The van der Waals surface area contributed by atoms with E-state index >= 15 is 0 Å². The molecule has 114 valence electrons. The Morgan fingerprint density at radius 1 is 0.591 bits per heavy atom. The molecular weight excluding hydrogens is 430 g/mol. The second-order valence-corrected chi connectivity index (χ2v) is 3.91. The summed E-state index contributed by atoms with van der Waals surface area (Å²) < 4.78 is 0. The zero-order valence-corrected chi connectivity index (χ0v) is 18.4. The van der Waals surface area contributed by atoms with Crippen LogP contribution in [0.25, 0.3) is 0 Å². The van der Waals surface area contributed by atoms with E-state index in [2.05, 4.69) is 0 Å². The molecule has 0 aliphatic carbocycles. The van der Waals surface area contributed by atoms with Gasteiger partial charge in [-0.05, 0) is 0 Å². The quantitative estimate of drug-likeness (QED) is 0.280. The largest absolute Gasteiger partial charge is 3.00 e. The third-order valence-corrected chi connectivity index (χ3v) is 2.14. The van der Waals surface area contributed by atoms with E-state index in [-0.39, 0.29) is 90.3 Å². The second kappa shape index (κ2) is 14.9. The van der Waals surface area contributed by atoms with Gasteiger partial charge in [-0.2, -0.15) is 0 Å². The molecule has 0 spiro atoms. The molecule has 0 saturated heterocycles. The maximum absolute atomic E-state index is 10.4. The van der Waals surface area contributed by atoms with Crippen LogP contribution in [0.2, 0.25) is 0 Å². The first-order valence-electron chi connectivity index (χ1n) is 5.44. The molecule has 0 rings (SSSR count). The molecule has 0 aliphatic rings. The summed E-state index contributed by atoms with van der Waals surface area (Å²) in [5.74, 6) is -6.12. The van der Waals surface area contributed by atoms with Crippen molar-refractivity contribution in [1.29, 1.82) is 0 Å². The van der Waals surface area contributed by atoms with Crippen LogP contribution in [0.3, 0.4) is 0 Å². The Labute approximate surface area is 187 Å². The molecule has 10 nitrogen and oxygen atoms in total. The number of carbonyl (C=O) groups is 4. The van der Waals surface area contributed by atoms with Gasteiger partial charge in [0.05, 0.1) is 23.9 Å². The predicted octanol–water partition coefficient (Wildman–Crippen LogP) is -10.8. The maximum atomic E-state index is 10.4. The van der Waals surface area contributed by atoms with Crippen LogP contribution in [-0.4, -0.2) is 98.8 Å². The van der Waals surface area contributed by atoms with Gasteiger partial charge in [0.15, 0.2) is 0 Å². The van der Waals surface area contributed by atoms with E-state index in [1.54, 1.807) is 0 Å². The normalized spacial score (nSPS) is 9.73. The third-order valence-electron chi connectivity index (χ3n) is 2.14. The molecule has 0 aromatic rings. The van der Waals surface area contributed by atoms with E-state index < -0.39 is 50.1 Å². The van der Waals surface area contributed by atoms with Gasteiger partial charge in [-0.1, -0.05) is 0 Å². The summed E-state index contributed by atoms with van der Waals surface area (Å²) >= 11 is 0. The molecule has 0 N–H and O–H groups in total. The molecular formula is C10H12InKN2O8. The molecule has 0 heterocycles. The van der Waals surface area contributed by atoms with Gasteiger partial charge in [-0.3, -0.25) is 9.80 Å². The SMILES string of the molecule is O=C([O-])CN(CCN(CC(=O)[O-])CC(=O)[O-])CC(=O)[O-].[In+3].[K+]. The van der Waals surface area contributed by atoms with Crippen LogP contribution < -0.4 is 71.8 Å². The van der Waals surface area contributed by atoms with Crippen molar-refractivity contribution >= 4 is 49.7 Å².